The van der Waals surface area contributed by atoms with Crippen molar-refractivity contribution in [3.63, 3.8) is 0 Å². The Kier molecular flexibility index (Phi) is 3.34. The topological polar surface area (TPSA) is 91.8 Å². The summed E-state index contributed by atoms with van der Waals surface area (Å²) in [6.07, 6.45) is 1.73. The maximum Gasteiger partial charge on any atom is 0.240 e. The van der Waals surface area contributed by atoms with Crippen LogP contribution in [0.15, 0.2) is 6.07 Å². The van der Waals surface area contributed by atoms with Crippen molar-refractivity contribution in [3.8, 4) is 6.07 Å². The Morgan fingerprint density at radius 2 is 2.39 bits per heavy atom. The van der Waals surface area contributed by atoms with Crippen LogP contribution in [0.1, 0.15) is 18.4 Å². The number of anilines is 1. The van der Waals surface area contributed by atoms with E-state index in [0.717, 1.165) is 18.9 Å². The molecule has 1 aromatic heterocycles. The summed E-state index contributed by atoms with van der Waals surface area (Å²) in [6, 6.07) is 2.04. The summed E-state index contributed by atoms with van der Waals surface area (Å²) in [7, 11) is 0. The van der Waals surface area contributed by atoms with Gasteiger partial charge in [-0.15, -0.1) is 0 Å². The van der Waals surface area contributed by atoms with E-state index in [1.165, 1.54) is 0 Å². The number of carbonyl (C=O) groups excluding carboxylic acids is 1. The Labute approximate surface area is 108 Å². The number of pyridine rings is 1. The first-order valence-electron chi connectivity index (χ1n) is 5.35. The maximum absolute atomic E-state index is 13.6. The highest BCUT2D eigenvalue weighted by Crippen LogP contribution is 2.34. The Balaban J connectivity index is 2.26. The number of halogens is 2. The van der Waals surface area contributed by atoms with Gasteiger partial charge in [0.05, 0.1) is 5.56 Å². The average Bonchev–Trinajstić information content (AvgIpc) is 3.13. The molecule has 1 aromatic rings. The zero-order chi connectivity index (χ0) is 13.3. The van der Waals surface area contributed by atoms with Crippen molar-refractivity contribution in [1.29, 1.82) is 5.26 Å². The van der Waals surface area contributed by atoms with E-state index in [-0.39, 0.29) is 22.5 Å². The maximum atomic E-state index is 13.6. The fraction of sp³-hybridized carbons (Fsp3) is 0.364. The minimum absolute atomic E-state index is 0.0539. The number of primary amides is 1. The van der Waals surface area contributed by atoms with E-state index >= 15 is 0 Å². The molecular formula is C11H10ClFN4O. The molecule has 7 heteroatoms. The van der Waals surface area contributed by atoms with Gasteiger partial charge in [0.25, 0.3) is 0 Å². The average molecular weight is 269 g/mol. The van der Waals surface area contributed by atoms with Gasteiger partial charge >= 0.3 is 0 Å². The molecular weight excluding hydrogens is 259 g/mol. The summed E-state index contributed by atoms with van der Waals surface area (Å²) >= 11 is 5.70. The molecule has 1 aliphatic carbocycles. The third-order valence-electron chi connectivity index (χ3n) is 2.74. The van der Waals surface area contributed by atoms with Crippen molar-refractivity contribution < 1.29 is 9.18 Å². The second-order valence-electron chi connectivity index (χ2n) is 4.13. The van der Waals surface area contributed by atoms with Crippen LogP contribution in [-0.2, 0) is 4.79 Å². The van der Waals surface area contributed by atoms with Crippen LogP contribution < -0.4 is 11.1 Å². The molecule has 0 spiro atoms. The zero-order valence-corrected chi connectivity index (χ0v) is 10.0. The molecule has 1 amide bonds. The summed E-state index contributed by atoms with van der Waals surface area (Å²) < 4.78 is 13.6. The van der Waals surface area contributed by atoms with Crippen LogP contribution in [0.3, 0.4) is 0 Å². The predicted octanol–water partition coefficient (Wildman–Crippen LogP) is 1.42. The van der Waals surface area contributed by atoms with Crippen molar-refractivity contribution in [2.45, 2.75) is 18.9 Å². The van der Waals surface area contributed by atoms with Gasteiger partial charge in [0, 0.05) is 0 Å². The second kappa shape index (κ2) is 4.78. The van der Waals surface area contributed by atoms with E-state index in [0.29, 0.717) is 0 Å². The highest BCUT2D eigenvalue weighted by Gasteiger charge is 2.35. The minimum atomic E-state index is -0.733. The van der Waals surface area contributed by atoms with Crippen LogP contribution in [0.2, 0.25) is 5.15 Å². The zero-order valence-electron chi connectivity index (χ0n) is 9.28. The summed E-state index contributed by atoms with van der Waals surface area (Å²) in [6.45, 7) is 0. The number of nitrogens with zero attached hydrogens (tertiary/aromatic N) is 2. The Hall–Kier alpha value is -1.87. The lowest BCUT2D eigenvalue weighted by atomic mass is 10.1. The fourth-order valence-electron chi connectivity index (χ4n) is 1.64. The molecule has 1 aliphatic rings. The fourth-order valence-corrected chi connectivity index (χ4v) is 1.83. The number of rotatable bonds is 4. The molecule has 1 unspecified atom stereocenters. The quantitative estimate of drug-likeness (QED) is 0.808. The van der Waals surface area contributed by atoms with E-state index in [2.05, 4.69) is 10.3 Å². The van der Waals surface area contributed by atoms with Gasteiger partial charge < -0.3 is 11.1 Å². The molecule has 3 N–H and O–H groups in total. The number of nitrogens with two attached hydrogens (primary N) is 1. The number of hydrogen-bond donors (Lipinski definition) is 2. The van der Waals surface area contributed by atoms with Gasteiger partial charge in [-0.3, -0.25) is 4.79 Å². The monoisotopic (exact) mass is 268 g/mol. The molecule has 0 bridgehead atoms. The smallest absolute Gasteiger partial charge is 0.240 e. The van der Waals surface area contributed by atoms with Crippen LogP contribution in [-0.4, -0.2) is 16.9 Å². The molecule has 0 saturated heterocycles. The highest BCUT2D eigenvalue weighted by molar-refractivity contribution is 6.30. The SMILES string of the molecule is N#Cc1cc(F)c(NC(C(N)=O)C2CC2)nc1Cl. The van der Waals surface area contributed by atoms with E-state index in [9.17, 15) is 9.18 Å². The van der Waals surface area contributed by atoms with Gasteiger partial charge in [-0.1, -0.05) is 11.6 Å². The van der Waals surface area contributed by atoms with Gasteiger partial charge in [-0.25, -0.2) is 9.37 Å². The summed E-state index contributed by atoms with van der Waals surface area (Å²) in [5.41, 5.74) is 5.18. The van der Waals surface area contributed by atoms with E-state index in [4.69, 9.17) is 22.6 Å². The molecule has 0 aromatic carbocycles. The first-order valence-corrected chi connectivity index (χ1v) is 5.72. The van der Waals surface area contributed by atoms with Crippen molar-refractivity contribution in [2.24, 2.45) is 11.7 Å². The number of hydrogen-bond acceptors (Lipinski definition) is 4. The number of aromatic nitrogens is 1. The predicted molar refractivity (Wildman–Crippen MR) is 63.2 cm³/mol. The van der Waals surface area contributed by atoms with Crippen molar-refractivity contribution >= 4 is 23.3 Å². The molecule has 94 valence electrons. The number of amides is 1. The van der Waals surface area contributed by atoms with Gasteiger partial charge in [-0.05, 0) is 24.8 Å². The van der Waals surface area contributed by atoms with Gasteiger partial charge in [0.2, 0.25) is 5.91 Å². The van der Waals surface area contributed by atoms with Crippen LogP contribution >= 0.6 is 11.6 Å². The molecule has 0 radical (unpaired) electrons. The number of nitrogens with one attached hydrogen (secondary N) is 1. The molecule has 2 rings (SSSR count). The molecule has 1 saturated carbocycles. The van der Waals surface area contributed by atoms with Crippen LogP contribution in [0, 0.1) is 23.1 Å². The molecule has 1 heterocycles. The van der Waals surface area contributed by atoms with E-state index in [1.54, 1.807) is 6.07 Å². The first-order chi connectivity index (χ1) is 8.52. The molecule has 1 atom stereocenters. The van der Waals surface area contributed by atoms with Crippen LogP contribution in [0.5, 0.6) is 0 Å². The highest BCUT2D eigenvalue weighted by atomic mass is 35.5. The first kappa shape index (κ1) is 12.6. The number of carbonyl (C=O) groups is 1. The minimum Gasteiger partial charge on any atom is -0.368 e. The summed E-state index contributed by atoms with van der Waals surface area (Å²) in [5.74, 6) is -1.34. The van der Waals surface area contributed by atoms with Gasteiger partial charge in [-0.2, -0.15) is 5.26 Å². The molecule has 5 nitrogen and oxygen atoms in total. The lowest BCUT2D eigenvalue weighted by molar-refractivity contribution is -0.119. The van der Waals surface area contributed by atoms with Crippen molar-refractivity contribution in [1.82, 2.24) is 4.98 Å². The van der Waals surface area contributed by atoms with Crippen LogP contribution in [0.4, 0.5) is 10.2 Å². The normalized spacial score (nSPS) is 15.8. The Morgan fingerprint density at radius 3 is 2.89 bits per heavy atom. The lowest BCUT2D eigenvalue weighted by Gasteiger charge is -2.15. The Bertz CT molecular complexity index is 539. The van der Waals surface area contributed by atoms with Crippen LogP contribution in [0.25, 0.3) is 0 Å². The summed E-state index contributed by atoms with van der Waals surface area (Å²) in [4.78, 5) is 15.0. The van der Waals surface area contributed by atoms with E-state index in [1.807, 2.05) is 0 Å². The van der Waals surface area contributed by atoms with Gasteiger partial charge in [0.1, 0.15) is 17.3 Å². The molecule has 1 fully saturated rings. The van der Waals surface area contributed by atoms with Gasteiger partial charge in [0.15, 0.2) is 11.6 Å². The van der Waals surface area contributed by atoms with Crippen molar-refractivity contribution in [3.05, 3.63) is 22.6 Å². The van der Waals surface area contributed by atoms with Crippen molar-refractivity contribution in [2.75, 3.05) is 5.32 Å². The summed E-state index contributed by atoms with van der Waals surface area (Å²) in [5, 5.41) is 11.2. The third kappa shape index (κ3) is 2.51. The second-order valence-corrected chi connectivity index (χ2v) is 4.49. The largest absolute Gasteiger partial charge is 0.368 e. The molecule has 0 aliphatic heterocycles. The lowest BCUT2D eigenvalue weighted by Crippen LogP contribution is -2.37. The molecule has 18 heavy (non-hydrogen) atoms. The standard InChI is InChI=1S/C11H10ClFN4O/c12-9-6(4-14)3-7(13)11(17-9)16-8(10(15)18)5-1-2-5/h3,5,8H,1-2H2,(H2,15,18)(H,16,17). The Morgan fingerprint density at radius 1 is 1.72 bits per heavy atom. The third-order valence-corrected chi connectivity index (χ3v) is 3.03. The number of nitriles is 1. The van der Waals surface area contributed by atoms with E-state index < -0.39 is 17.8 Å².